The van der Waals surface area contributed by atoms with Crippen LogP contribution in [0.15, 0.2) is 0 Å². The van der Waals surface area contributed by atoms with E-state index in [1.54, 1.807) is 0 Å². The molecule has 0 bridgehead atoms. The van der Waals surface area contributed by atoms with E-state index < -0.39 is 0 Å². The van der Waals surface area contributed by atoms with Gasteiger partial charge in [0.25, 0.3) is 0 Å². The van der Waals surface area contributed by atoms with Gasteiger partial charge in [0, 0.05) is 12.8 Å². The van der Waals surface area contributed by atoms with Crippen molar-refractivity contribution in [2.45, 2.75) is 47.0 Å². The zero-order valence-electron chi connectivity index (χ0n) is 8.18. The first kappa shape index (κ1) is 10.7. The summed E-state index contributed by atoms with van der Waals surface area (Å²) in [7, 11) is 0. The van der Waals surface area contributed by atoms with Crippen LogP contribution in [0, 0.1) is 11.8 Å². The van der Waals surface area contributed by atoms with Crippen LogP contribution in [0.4, 0.5) is 0 Å². The standard InChI is InChI=1S/C10H20O/c1-5-6-10(11)7-9(4)8(2)3/h8-9H,5-7H2,1-4H3. The van der Waals surface area contributed by atoms with Gasteiger partial charge in [-0.25, -0.2) is 0 Å². The minimum Gasteiger partial charge on any atom is -0.300 e. The molecular formula is C10H20O. The summed E-state index contributed by atoms with van der Waals surface area (Å²) < 4.78 is 0. The molecule has 0 heterocycles. The van der Waals surface area contributed by atoms with E-state index in [9.17, 15) is 4.79 Å². The average molecular weight is 156 g/mol. The third-order valence-electron chi connectivity index (χ3n) is 2.22. The Morgan fingerprint density at radius 2 is 1.82 bits per heavy atom. The van der Waals surface area contributed by atoms with Gasteiger partial charge in [0.05, 0.1) is 0 Å². The fourth-order valence-electron chi connectivity index (χ4n) is 0.976. The summed E-state index contributed by atoms with van der Waals surface area (Å²) in [4.78, 5) is 11.2. The van der Waals surface area contributed by atoms with Gasteiger partial charge in [0.15, 0.2) is 0 Å². The number of hydrogen-bond acceptors (Lipinski definition) is 1. The molecule has 0 spiro atoms. The molecule has 0 aliphatic heterocycles. The van der Waals surface area contributed by atoms with Crippen LogP contribution in [0.1, 0.15) is 47.0 Å². The van der Waals surface area contributed by atoms with E-state index in [4.69, 9.17) is 0 Å². The fourth-order valence-corrected chi connectivity index (χ4v) is 0.976. The molecule has 1 nitrogen and oxygen atoms in total. The highest BCUT2D eigenvalue weighted by molar-refractivity contribution is 5.78. The number of hydrogen-bond donors (Lipinski definition) is 0. The Morgan fingerprint density at radius 1 is 1.27 bits per heavy atom. The molecule has 0 rings (SSSR count). The second-order valence-corrected chi connectivity index (χ2v) is 3.71. The Bertz CT molecular complexity index is 116. The van der Waals surface area contributed by atoms with E-state index in [1.165, 1.54) is 0 Å². The largest absolute Gasteiger partial charge is 0.300 e. The lowest BCUT2D eigenvalue weighted by atomic mass is 9.92. The van der Waals surface area contributed by atoms with Gasteiger partial charge in [-0.1, -0.05) is 27.7 Å². The molecule has 0 aliphatic carbocycles. The van der Waals surface area contributed by atoms with Crippen LogP contribution in [0.25, 0.3) is 0 Å². The molecule has 1 heteroatoms. The van der Waals surface area contributed by atoms with E-state index >= 15 is 0 Å². The van der Waals surface area contributed by atoms with Gasteiger partial charge >= 0.3 is 0 Å². The normalized spacial score (nSPS) is 13.5. The fraction of sp³-hybridized carbons (Fsp3) is 0.900. The number of carbonyl (C=O) groups is 1. The molecule has 1 unspecified atom stereocenters. The van der Waals surface area contributed by atoms with E-state index in [2.05, 4.69) is 27.7 Å². The van der Waals surface area contributed by atoms with Gasteiger partial charge < -0.3 is 0 Å². The maximum Gasteiger partial charge on any atom is 0.133 e. The van der Waals surface area contributed by atoms with Crippen molar-refractivity contribution < 1.29 is 4.79 Å². The molecule has 0 amide bonds. The summed E-state index contributed by atoms with van der Waals surface area (Å²) >= 11 is 0. The third-order valence-corrected chi connectivity index (χ3v) is 2.22. The van der Waals surface area contributed by atoms with Crippen molar-refractivity contribution in [2.24, 2.45) is 11.8 Å². The van der Waals surface area contributed by atoms with Gasteiger partial charge in [0.2, 0.25) is 0 Å². The molecule has 1 atom stereocenters. The lowest BCUT2D eigenvalue weighted by Crippen LogP contribution is -2.10. The Kier molecular flexibility index (Phi) is 5.18. The van der Waals surface area contributed by atoms with Gasteiger partial charge in [-0.3, -0.25) is 4.79 Å². The van der Waals surface area contributed by atoms with Crippen LogP contribution in [0.2, 0.25) is 0 Å². The van der Waals surface area contributed by atoms with Crippen molar-refractivity contribution in [1.82, 2.24) is 0 Å². The first-order valence-corrected chi connectivity index (χ1v) is 4.59. The maximum absolute atomic E-state index is 11.2. The molecule has 11 heavy (non-hydrogen) atoms. The monoisotopic (exact) mass is 156 g/mol. The van der Waals surface area contributed by atoms with Gasteiger partial charge in [-0.15, -0.1) is 0 Å². The van der Waals surface area contributed by atoms with E-state index in [1.807, 2.05) is 0 Å². The van der Waals surface area contributed by atoms with E-state index in [0.717, 1.165) is 19.3 Å². The third kappa shape index (κ3) is 5.00. The van der Waals surface area contributed by atoms with E-state index in [0.29, 0.717) is 17.6 Å². The molecular weight excluding hydrogens is 136 g/mol. The summed E-state index contributed by atoms with van der Waals surface area (Å²) in [6.45, 7) is 8.55. The first-order chi connectivity index (χ1) is 5.07. The maximum atomic E-state index is 11.2. The Labute approximate surface area is 70.2 Å². The number of rotatable bonds is 5. The molecule has 0 saturated carbocycles. The van der Waals surface area contributed by atoms with Crippen LogP contribution in [-0.4, -0.2) is 5.78 Å². The predicted octanol–water partition coefficient (Wildman–Crippen LogP) is 3.04. The number of ketones is 1. The molecule has 0 radical (unpaired) electrons. The van der Waals surface area contributed by atoms with Crippen LogP contribution in [0.5, 0.6) is 0 Å². The molecule has 0 N–H and O–H groups in total. The minimum absolute atomic E-state index is 0.425. The second-order valence-electron chi connectivity index (χ2n) is 3.71. The average Bonchev–Trinajstić information content (AvgIpc) is 1.87. The van der Waals surface area contributed by atoms with Crippen molar-refractivity contribution >= 4 is 5.78 Å². The highest BCUT2D eigenvalue weighted by Gasteiger charge is 2.11. The SMILES string of the molecule is CCCC(=O)CC(C)C(C)C. The summed E-state index contributed by atoms with van der Waals surface area (Å²) in [5.41, 5.74) is 0. The summed E-state index contributed by atoms with van der Waals surface area (Å²) in [5, 5.41) is 0. The van der Waals surface area contributed by atoms with Crippen LogP contribution < -0.4 is 0 Å². The van der Waals surface area contributed by atoms with Crippen LogP contribution >= 0.6 is 0 Å². The quantitative estimate of drug-likeness (QED) is 0.598. The zero-order valence-corrected chi connectivity index (χ0v) is 8.18. The van der Waals surface area contributed by atoms with Gasteiger partial charge in [-0.05, 0) is 18.3 Å². The van der Waals surface area contributed by atoms with E-state index in [-0.39, 0.29) is 0 Å². The van der Waals surface area contributed by atoms with Crippen LogP contribution in [-0.2, 0) is 4.79 Å². The zero-order chi connectivity index (χ0) is 8.85. The molecule has 0 aromatic carbocycles. The molecule has 0 fully saturated rings. The Hall–Kier alpha value is -0.330. The van der Waals surface area contributed by atoms with Gasteiger partial charge in [-0.2, -0.15) is 0 Å². The van der Waals surface area contributed by atoms with Crippen molar-refractivity contribution in [1.29, 1.82) is 0 Å². The highest BCUT2D eigenvalue weighted by Crippen LogP contribution is 2.15. The summed E-state index contributed by atoms with van der Waals surface area (Å²) in [5.74, 6) is 1.61. The first-order valence-electron chi connectivity index (χ1n) is 4.59. The highest BCUT2D eigenvalue weighted by atomic mass is 16.1. The lowest BCUT2D eigenvalue weighted by Gasteiger charge is -2.13. The molecule has 0 aromatic heterocycles. The number of carbonyl (C=O) groups excluding carboxylic acids is 1. The minimum atomic E-state index is 0.425. The number of Topliss-reactive ketones (excluding diaryl/α,β-unsaturated/α-hetero) is 1. The molecule has 0 aliphatic rings. The molecule has 0 aromatic rings. The Morgan fingerprint density at radius 3 is 2.18 bits per heavy atom. The van der Waals surface area contributed by atoms with Crippen molar-refractivity contribution in [3.05, 3.63) is 0 Å². The van der Waals surface area contributed by atoms with Crippen LogP contribution in [0.3, 0.4) is 0 Å². The lowest BCUT2D eigenvalue weighted by molar-refractivity contribution is -0.120. The van der Waals surface area contributed by atoms with Crippen molar-refractivity contribution in [3.63, 3.8) is 0 Å². The predicted molar refractivity (Wildman–Crippen MR) is 48.5 cm³/mol. The summed E-state index contributed by atoms with van der Waals surface area (Å²) in [6, 6.07) is 0. The molecule has 66 valence electrons. The smallest absolute Gasteiger partial charge is 0.133 e. The van der Waals surface area contributed by atoms with Gasteiger partial charge in [0.1, 0.15) is 5.78 Å². The topological polar surface area (TPSA) is 17.1 Å². The summed E-state index contributed by atoms with van der Waals surface area (Å²) in [6.07, 6.45) is 2.52. The van der Waals surface area contributed by atoms with Crippen molar-refractivity contribution in [3.8, 4) is 0 Å². The second kappa shape index (κ2) is 5.34. The van der Waals surface area contributed by atoms with Crippen molar-refractivity contribution in [2.75, 3.05) is 0 Å². The Balaban J connectivity index is 3.57. The molecule has 0 saturated heterocycles.